The first kappa shape index (κ1) is 17.8. The van der Waals surface area contributed by atoms with E-state index in [9.17, 15) is 0 Å². The van der Waals surface area contributed by atoms with Gasteiger partial charge in [0.25, 0.3) is 11.0 Å². The zero-order chi connectivity index (χ0) is 16.7. The Bertz CT molecular complexity index is 723. The Morgan fingerprint density at radius 2 is 2.26 bits per heavy atom. The van der Waals surface area contributed by atoms with E-state index in [-0.39, 0.29) is 0 Å². The minimum absolute atomic E-state index is 0.459. The van der Waals surface area contributed by atoms with Crippen LogP contribution in [0, 0.1) is 12.3 Å². The fourth-order valence-electron chi connectivity index (χ4n) is 1.97. The monoisotopic (exact) mass is 352 g/mol. The van der Waals surface area contributed by atoms with Crippen molar-refractivity contribution in [2.75, 3.05) is 31.5 Å². The molecule has 6 nitrogen and oxygen atoms in total. The van der Waals surface area contributed by atoms with Crippen molar-refractivity contribution in [2.24, 2.45) is 4.99 Å². The van der Waals surface area contributed by atoms with Gasteiger partial charge in [0.1, 0.15) is 11.5 Å². The molecule has 0 saturated carbocycles. The number of rotatable bonds is 8. The average molecular weight is 353 g/mol. The maximum atomic E-state index is 5.77. The van der Waals surface area contributed by atoms with Crippen molar-refractivity contribution in [3.63, 3.8) is 0 Å². The molecule has 0 amide bonds. The Morgan fingerprint density at radius 1 is 1.48 bits per heavy atom. The van der Waals surface area contributed by atoms with Crippen molar-refractivity contribution < 1.29 is 4.42 Å². The second kappa shape index (κ2) is 8.93. The van der Waals surface area contributed by atoms with Crippen LogP contribution in [0.1, 0.15) is 17.2 Å². The molecule has 2 rings (SSSR count). The zero-order valence-electron chi connectivity index (χ0n) is 13.4. The molecule has 1 unspecified atom stereocenters. The van der Waals surface area contributed by atoms with Crippen molar-refractivity contribution in [3.05, 3.63) is 34.8 Å². The van der Waals surface area contributed by atoms with Gasteiger partial charge in [-0.3, -0.25) is 4.99 Å². The van der Waals surface area contributed by atoms with E-state index in [0.717, 1.165) is 40.8 Å². The van der Waals surface area contributed by atoms with Gasteiger partial charge in [-0.25, -0.2) is 0 Å². The summed E-state index contributed by atoms with van der Waals surface area (Å²) in [7, 11) is 4.05. The lowest BCUT2D eigenvalue weighted by Crippen LogP contribution is -2.10. The molecule has 23 heavy (non-hydrogen) atoms. The van der Waals surface area contributed by atoms with Crippen molar-refractivity contribution in [1.82, 2.24) is 13.6 Å². The molecule has 2 heterocycles. The summed E-state index contributed by atoms with van der Waals surface area (Å²) in [4.78, 5) is 6.58. The van der Waals surface area contributed by atoms with Gasteiger partial charge in [-0.1, -0.05) is 11.1 Å². The summed E-state index contributed by atoms with van der Waals surface area (Å²) in [6, 6.07) is 4.07. The van der Waals surface area contributed by atoms with Crippen molar-refractivity contribution in [3.8, 4) is 12.3 Å². The van der Waals surface area contributed by atoms with Gasteiger partial charge in [-0.2, -0.15) is 11.8 Å². The Hall–Kier alpha value is -1.53. The van der Waals surface area contributed by atoms with Crippen LogP contribution in [0.3, 0.4) is 0 Å². The van der Waals surface area contributed by atoms with E-state index in [1.807, 2.05) is 26.2 Å². The molecule has 0 aromatic carbocycles. The number of terminal acetylenes is 1. The molecule has 3 N–H and O–H groups in total. The average Bonchev–Trinajstić information content (AvgIpc) is 3.05. The second-order valence-electron chi connectivity index (χ2n) is 5.22. The highest BCUT2D eigenvalue weighted by Gasteiger charge is 2.09. The number of aromatic amines is 1. The molecule has 0 saturated heterocycles. The lowest BCUT2D eigenvalue weighted by molar-refractivity contribution is 0.344. The summed E-state index contributed by atoms with van der Waals surface area (Å²) in [5.74, 6) is 6.31. The first-order chi connectivity index (χ1) is 11.1. The van der Waals surface area contributed by atoms with Crippen molar-refractivity contribution in [1.29, 1.82) is 0 Å². The van der Waals surface area contributed by atoms with Gasteiger partial charge in [0.15, 0.2) is 5.69 Å². The van der Waals surface area contributed by atoms with Crippen LogP contribution >= 0.6 is 22.8 Å². The summed E-state index contributed by atoms with van der Waals surface area (Å²) in [6.07, 6.45) is 5.78. The molecule has 0 bridgehead atoms. The van der Waals surface area contributed by atoms with Gasteiger partial charge in [-0.15, -0.1) is 10.8 Å². The van der Waals surface area contributed by atoms with Crippen LogP contribution in [0.2, 0.25) is 0 Å². The number of nitrogens with zero attached hydrogens (tertiary/aromatic N) is 3. The molecule has 0 spiro atoms. The third-order valence-corrected chi connectivity index (χ3v) is 4.67. The summed E-state index contributed by atoms with van der Waals surface area (Å²) in [5, 5.41) is 5.75. The van der Waals surface area contributed by atoms with E-state index < -0.39 is 11.0 Å². The third-order valence-electron chi connectivity index (χ3n) is 2.89. The molecule has 2 aromatic heterocycles. The topological polar surface area (TPSA) is 83.4 Å². The number of nitrogens with two attached hydrogens (primary N) is 1. The maximum Gasteiger partial charge on any atom is 0.277 e. The minimum Gasteiger partial charge on any atom is -0.464 e. The Morgan fingerprint density at radius 3 is 3.00 bits per heavy atom. The predicted octanol–water partition coefficient (Wildman–Crippen LogP) is 1.54. The maximum absolute atomic E-state index is 5.77. The molecule has 2 aromatic rings. The third kappa shape index (κ3) is 5.88. The van der Waals surface area contributed by atoms with E-state index in [4.69, 9.17) is 16.0 Å². The fourth-order valence-corrected chi connectivity index (χ4v) is 3.51. The fraction of sp³-hybridized carbons (Fsp3) is 0.467. The number of aromatic nitrogens is 2. The normalized spacial score (nSPS) is 12.8. The molecule has 0 radical (unpaired) electrons. The van der Waals surface area contributed by atoms with Crippen LogP contribution < -0.4 is 10.6 Å². The van der Waals surface area contributed by atoms with Gasteiger partial charge in [0.05, 0.1) is 25.3 Å². The number of H-pyrrole nitrogens is 1. The van der Waals surface area contributed by atoms with E-state index in [1.54, 1.807) is 11.8 Å². The molecule has 0 aliphatic heterocycles. The Labute approximate surface area is 143 Å². The van der Waals surface area contributed by atoms with E-state index in [0.29, 0.717) is 13.0 Å². The lowest BCUT2D eigenvalue weighted by Gasteiger charge is -2.05. The van der Waals surface area contributed by atoms with Gasteiger partial charge >= 0.3 is 0 Å². The number of hydrogen-bond donors (Lipinski definition) is 2. The molecule has 124 valence electrons. The predicted molar refractivity (Wildman–Crippen MR) is 96.4 cm³/mol. The Kier molecular flexibility index (Phi) is 6.92. The van der Waals surface area contributed by atoms with Crippen LogP contribution in [0.4, 0.5) is 0 Å². The SMILES string of the molecule is C#CCc1n[s+](N)[nH]c1=NCCSCc1ccc(CN(C)C)o1. The summed E-state index contributed by atoms with van der Waals surface area (Å²) in [6.45, 7) is 1.52. The number of hydrogen-bond acceptors (Lipinski definition) is 6. The van der Waals surface area contributed by atoms with Gasteiger partial charge in [-0.05, 0) is 26.2 Å². The summed E-state index contributed by atoms with van der Waals surface area (Å²) < 4.78 is 13.1. The number of nitrogen functional groups attached to an aromatic ring is 1. The van der Waals surface area contributed by atoms with Crippen LogP contribution in [0.15, 0.2) is 21.5 Å². The van der Waals surface area contributed by atoms with Crippen molar-refractivity contribution >= 4 is 22.8 Å². The Balaban J connectivity index is 1.78. The number of nitrogens with one attached hydrogen (secondary N) is 1. The molecule has 8 heteroatoms. The molecule has 0 fully saturated rings. The van der Waals surface area contributed by atoms with E-state index in [2.05, 4.69) is 24.6 Å². The molecule has 0 aliphatic rings. The lowest BCUT2D eigenvalue weighted by atomic mass is 10.3. The first-order valence-electron chi connectivity index (χ1n) is 7.20. The smallest absolute Gasteiger partial charge is 0.277 e. The molecule has 0 aliphatic carbocycles. The zero-order valence-corrected chi connectivity index (χ0v) is 15.0. The van der Waals surface area contributed by atoms with Crippen LogP contribution in [-0.2, 0) is 18.7 Å². The molecular formula is C15H22N5OS2+. The largest absolute Gasteiger partial charge is 0.464 e. The number of thioether (sulfide) groups is 1. The van der Waals surface area contributed by atoms with Gasteiger partial charge in [0.2, 0.25) is 5.49 Å². The van der Waals surface area contributed by atoms with Crippen LogP contribution in [-0.4, -0.2) is 40.0 Å². The highest BCUT2D eigenvalue weighted by Crippen LogP contribution is 2.16. The highest BCUT2D eigenvalue weighted by molar-refractivity contribution is 7.98. The second-order valence-corrected chi connectivity index (χ2v) is 7.35. The molecule has 1 atom stereocenters. The minimum atomic E-state index is -0.688. The number of furan rings is 1. The molecular weight excluding hydrogens is 330 g/mol. The van der Waals surface area contributed by atoms with Gasteiger partial charge in [0, 0.05) is 10.1 Å². The van der Waals surface area contributed by atoms with E-state index >= 15 is 0 Å². The summed E-state index contributed by atoms with van der Waals surface area (Å²) in [5.41, 5.74) is 1.52. The quantitative estimate of drug-likeness (QED) is 0.428. The van der Waals surface area contributed by atoms with Crippen molar-refractivity contribution in [2.45, 2.75) is 18.7 Å². The standard InChI is InChI=1S/C15H22N5OS2/c1-4-5-14-15(19-23(16)18-14)17-8-9-22-11-13-7-6-12(21-13)10-20(2)3/h1,6-7H,5,8-11,16H2,2-3H3,(H,17,19)/q+1. The van der Waals surface area contributed by atoms with Crippen LogP contribution in [0.25, 0.3) is 0 Å². The first-order valence-corrected chi connectivity index (χ1v) is 9.60. The highest BCUT2D eigenvalue weighted by atomic mass is 32.2. The van der Waals surface area contributed by atoms with Gasteiger partial charge < -0.3 is 9.32 Å². The van der Waals surface area contributed by atoms with E-state index in [1.165, 1.54) is 0 Å². The van der Waals surface area contributed by atoms with Crippen LogP contribution in [0.5, 0.6) is 0 Å². The summed E-state index contributed by atoms with van der Waals surface area (Å²) >= 11 is 1.10.